The van der Waals surface area contributed by atoms with Gasteiger partial charge in [0.2, 0.25) is 0 Å². The molecule has 0 amide bonds. The number of anilines is 1. The van der Waals surface area contributed by atoms with Gasteiger partial charge in [-0.3, -0.25) is 0 Å². The average molecular weight is 337 g/mol. The van der Waals surface area contributed by atoms with Crippen LogP contribution in [-0.2, 0) is 4.74 Å². The summed E-state index contributed by atoms with van der Waals surface area (Å²) in [5.41, 5.74) is 5.92. The van der Waals surface area contributed by atoms with Crippen molar-refractivity contribution in [3.8, 4) is 23.3 Å². The van der Waals surface area contributed by atoms with Gasteiger partial charge in [-0.1, -0.05) is 0 Å². The highest BCUT2D eigenvalue weighted by Gasteiger charge is 2.22. The molecule has 0 aliphatic carbocycles. The number of nitriles is 1. The van der Waals surface area contributed by atoms with E-state index in [1.165, 1.54) is 36.1 Å². The van der Waals surface area contributed by atoms with Crippen molar-refractivity contribution in [3.63, 3.8) is 0 Å². The summed E-state index contributed by atoms with van der Waals surface area (Å²) in [7, 11) is 2.46. The van der Waals surface area contributed by atoms with E-state index in [0.717, 1.165) is 7.11 Å². The van der Waals surface area contributed by atoms with Crippen LogP contribution >= 0.6 is 0 Å². The molecule has 0 atom stereocenters. The van der Waals surface area contributed by atoms with E-state index in [4.69, 9.17) is 15.7 Å². The first kappa shape index (κ1) is 17.1. The molecular weight excluding hydrogens is 324 g/mol. The maximum atomic E-state index is 12.5. The number of esters is 1. The molecule has 2 N–H and O–H groups in total. The molecule has 7 nitrogen and oxygen atoms in total. The molecule has 1 aromatic carbocycles. The van der Waals surface area contributed by atoms with Gasteiger partial charge in [-0.25, -0.2) is 4.79 Å². The predicted molar refractivity (Wildman–Crippen MR) is 79.4 cm³/mol. The fraction of sp³-hybridized carbons (Fsp3) is 0.200. The minimum absolute atomic E-state index is 0.0440. The van der Waals surface area contributed by atoms with Crippen LogP contribution in [0.15, 0.2) is 24.4 Å². The molecule has 126 valence electrons. The molecule has 0 bridgehead atoms. The highest BCUT2D eigenvalue weighted by Crippen LogP contribution is 2.33. The summed E-state index contributed by atoms with van der Waals surface area (Å²) in [6.45, 7) is -3.06. The number of carbonyl (C=O) groups excluding carboxylic acids is 1. The van der Waals surface area contributed by atoms with Crippen LogP contribution < -0.4 is 15.2 Å². The second-order valence-electron chi connectivity index (χ2n) is 4.49. The lowest BCUT2D eigenvalue weighted by molar-refractivity contribution is -0.0512. The van der Waals surface area contributed by atoms with Crippen LogP contribution in [-0.4, -0.2) is 31.4 Å². The van der Waals surface area contributed by atoms with Crippen LogP contribution in [0.2, 0.25) is 0 Å². The summed E-state index contributed by atoms with van der Waals surface area (Å²) in [6.07, 6.45) is 1.30. The Bertz CT molecular complexity index is 812. The number of methoxy groups -OCH3 is 2. The Morgan fingerprint density at radius 1 is 1.33 bits per heavy atom. The van der Waals surface area contributed by atoms with E-state index in [0.29, 0.717) is 0 Å². The first-order chi connectivity index (χ1) is 11.4. The van der Waals surface area contributed by atoms with E-state index in [1.807, 2.05) is 6.07 Å². The topological polar surface area (TPSA) is 99.5 Å². The second kappa shape index (κ2) is 6.87. The number of nitrogens with zero attached hydrogens (tertiary/aromatic N) is 2. The molecular formula is C15H13F2N3O4. The maximum Gasteiger partial charge on any atom is 0.387 e. The van der Waals surface area contributed by atoms with Crippen molar-refractivity contribution in [1.82, 2.24) is 4.57 Å². The molecule has 24 heavy (non-hydrogen) atoms. The smallest absolute Gasteiger partial charge is 0.387 e. The lowest BCUT2D eigenvalue weighted by Crippen LogP contribution is -2.11. The Morgan fingerprint density at radius 3 is 2.58 bits per heavy atom. The number of hydrogen-bond donors (Lipinski definition) is 1. The number of nitrogen functional groups attached to an aromatic ring is 1. The van der Waals surface area contributed by atoms with Gasteiger partial charge in [0.25, 0.3) is 0 Å². The largest absolute Gasteiger partial charge is 0.493 e. The Kier molecular flexibility index (Phi) is 4.89. The zero-order valence-corrected chi connectivity index (χ0v) is 12.7. The van der Waals surface area contributed by atoms with Crippen LogP contribution in [0, 0.1) is 11.3 Å². The summed E-state index contributed by atoms with van der Waals surface area (Å²) in [6, 6.07) is 5.95. The average Bonchev–Trinajstić information content (AvgIpc) is 2.90. The molecule has 1 aromatic heterocycles. The minimum Gasteiger partial charge on any atom is -0.493 e. The van der Waals surface area contributed by atoms with E-state index in [9.17, 15) is 13.6 Å². The monoisotopic (exact) mass is 337 g/mol. The van der Waals surface area contributed by atoms with Crippen molar-refractivity contribution in [3.05, 3.63) is 35.7 Å². The summed E-state index contributed by atoms with van der Waals surface area (Å²) in [5, 5.41) is 9.07. The van der Waals surface area contributed by atoms with Gasteiger partial charge in [0, 0.05) is 18.0 Å². The number of halogens is 2. The third-order valence-electron chi connectivity index (χ3n) is 3.19. The van der Waals surface area contributed by atoms with Crippen molar-refractivity contribution < 1.29 is 27.8 Å². The van der Waals surface area contributed by atoms with Gasteiger partial charge in [0.15, 0.2) is 17.2 Å². The lowest BCUT2D eigenvalue weighted by atomic mass is 10.2. The molecule has 0 saturated heterocycles. The third kappa shape index (κ3) is 3.08. The van der Waals surface area contributed by atoms with Crippen molar-refractivity contribution in [1.29, 1.82) is 5.26 Å². The summed E-state index contributed by atoms with van der Waals surface area (Å²) < 4.78 is 40.3. The number of benzene rings is 1. The molecule has 2 rings (SSSR count). The van der Waals surface area contributed by atoms with Gasteiger partial charge in [0.05, 0.1) is 25.5 Å². The van der Waals surface area contributed by atoms with Crippen LogP contribution in [0.4, 0.5) is 14.5 Å². The van der Waals surface area contributed by atoms with Crippen molar-refractivity contribution in [2.24, 2.45) is 0 Å². The maximum absolute atomic E-state index is 12.5. The van der Waals surface area contributed by atoms with Crippen molar-refractivity contribution >= 4 is 11.7 Å². The Morgan fingerprint density at radius 2 is 2.04 bits per heavy atom. The number of ether oxygens (including phenoxy) is 3. The Labute approximate surface area is 135 Å². The first-order valence-corrected chi connectivity index (χ1v) is 6.55. The fourth-order valence-corrected chi connectivity index (χ4v) is 2.12. The van der Waals surface area contributed by atoms with Crippen LogP contribution in [0.5, 0.6) is 11.5 Å². The number of alkyl halides is 2. The fourth-order valence-electron chi connectivity index (χ4n) is 2.12. The van der Waals surface area contributed by atoms with Gasteiger partial charge < -0.3 is 24.5 Å². The molecule has 0 aliphatic heterocycles. The van der Waals surface area contributed by atoms with E-state index >= 15 is 0 Å². The van der Waals surface area contributed by atoms with E-state index in [2.05, 4.69) is 9.47 Å². The summed E-state index contributed by atoms with van der Waals surface area (Å²) in [4.78, 5) is 11.9. The zero-order chi connectivity index (χ0) is 17.9. The standard InChI is InChI=1S/C15H13F2N3O4/c1-22-10-4-3-9(5-11(10)24-15(16)17)20-7-8(6-18)12(19)13(20)14(21)23-2/h3-5,7,15H,19H2,1-2H3. The van der Waals surface area contributed by atoms with E-state index < -0.39 is 12.6 Å². The van der Waals surface area contributed by atoms with Gasteiger partial charge in [-0.2, -0.15) is 14.0 Å². The molecule has 0 radical (unpaired) electrons. The van der Waals surface area contributed by atoms with Gasteiger partial charge in [0.1, 0.15) is 6.07 Å². The second-order valence-corrected chi connectivity index (χ2v) is 4.49. The lowest BCUT2D eigenvalue weighted by Gasteiger charge is -2.13. The van der Waals surface area contributed by atoms with E-state index in [-0.39, 0.29) is 34.1 Å². The molecule has 0 saturated carbocycles. The molecule has 0 aliphatic rings. The van der Waals surface area contributed by atoms with Gasteiger partial charge >= 0.3 is 12.6 Å². The number of nitrogens with two attached hydrogens (primary N) is 1. The van der Waals surface area contributed by atoms with Crippen LogP contribution in [0.25, 0.3) is 5.69 Å². The van der Waals surface area contributed by atoms with E-state index in [1.54, 1.807) is 0 Å². The Balaban J connectivity index is 2.64. The summed E-state index contributed by atoms with van der Waals surface area (Å²) in [5.74, 6) is -0.924. The summed E-state index contributed by atoms with van der Waals surface area (Å²) >= 11 is 0. The molecule has 2 aromatic rings. The highest BCUT2D eigenvalue weighted by molar-refractivity contribution is 5.96. The highest BCUT2D eigenvalue weighted by atomic mass is 19.3. The quantitative estimate of drug-likeness (QED) is 0.841. The predicted octanol–water partition coefficient (Wildman–Crippen LogP) is 2.33. The molecule has 9 heteroatoms. The number of hydrogen-bond acceptors (Lipinski definition) is 6. The van der Waals surface area contributed by atoms with Crippen molar-refractivity contribution in [2.75, 3.05) is 20.0 Å². The molecule has 1 heterocycles. The molecule has 0 unspecified atom stereocenters. The Hall–Kier alpha value is -3.28. The van der Waals surface area contributed by atoms with Crippen LogP contribution in [0.3, 0.4) is 0 Å². The molecule has 0 spiro atoms. The minimum atomic E-state index is -3.06. The van der Waals surface area contributed by atoms with Gasteiger partial charge in [-0.15, -0.1) is 0 Å². The zero-order valence-electron chi connectivity index (χ0n) is 12.7. The first-order valence-electron chi connectivity index (χ1n) is 6.55. The third-order valence-corrected chi connectivity index (χ3v) is 3.19. The van der Waals surface area contributed by atoms with Gasteiger partial charge in [-0.05, 0) is 12.1 Å². The SMILES string of the molecule is COC(=O)c1c(N)c(C#N)cn1-c1ccc(OC)c(OC(F)F)c1. The number of aromatic nitrogens is 1. The molecule has 0 fully saturated rings. The normalized spacial score (nSPS) is 10.3. The van der Waals surface area contributed by atoms with Crippen LogP contribution in [0.1, 0.15) is 16.1 Å². The van der Waals surface area contributed by atoms with Crippen molar-refractivity contribution in [2.45, 2.75) is 6.61 Å². The number of carbonyl (C=O) groups is 1. The number of rotatable bonds is 5.